The third-order valence-corrected chi connectivity index (χ3v) is 24.7. The molecule has 0 radical (unpaired) electrons. The third-order valence-electron chi connectivity index (χ3n) is 24.2. The first-order chi connectivity index (χ1) is 42.1. The van der Waals surface area contributed by atoms with Gasteiger partial charge in [0.15, 0.2) is 46.5 Å². The Morgan fingerprint density at radius 3 is 1.38 bits per heavy atom. The topological polar surface area (TPSA) is 218 Å². The maximum atomic E-state index is 17.7. The number of halogens is 6. The summed E-state index contributed by atoms with van der Waals surface area (Å²) >= 11 is 12.2. The fraction of sp³-hybridized carbons (Fsp3) is 0.618. The Morgan fingerprint density at radius 1 is 0.607 bits per heavy atom. The molecule has 0 unspecified atom stereocenters. The Hall–Kier alpha value is -5.28. The van der Waals surface area contributed by atoms with E-state index in [1.54, 1.807) is 79.4 Å². The number of carboxylic acid groups (broad SMARTS) is 1. The van der Waals surface area contributed by atoms with Gasteiger partial charge in [0, 0.05) is 55.4 Å². The number of ether oxygens (including phenoxy) is 1. The molecule has 0 bridgehead atoms. The van der Waals surface area contributed by atoms with Crippen LogP contribution in [0.25, 0.3) is 0 Å². The molecule has 0 amide bonds. The lowest BCUT2D eigenvalue weighted by Crippen LogP contribution is -2.70. The predicted molar refractivity (Wildman–Crippen MR) is 320 cm³/mol. The first kappa shape index (κ1) is 63.9. The van der Waals surface area contributed by atoms with Crippen LogP contribution in [0.5, 0.6) is 0 Å². The van der Waals surface area contributed by atoms with E-state index in [1.807, 2.05) is 6.92 Å². The summed E-state index contributed by atoms with van der Waals surface area (Å²) in [6, 6.07) is 13.9. The van der Waals surface area contributed by atoms with Crippen molar-refractivity contribution >= 4 is 69.6 Å². The number of allylic oxidation sites excluding steroid dienone is 8. The van der Waals surface area contributed by atoms with Crippen molar-refractivity contribution in [3.05, 3.63) is 106 Å². The summed E-state index contributed by atoms with van der Waals surface area (Å²) in [5.41, 5.74) is -11.3. The number of hydrogen-bond acceptors (Lipinski definition) is 14. The summed E-state index contributed by atoms with van der Waals surface area (Å²) < 4.78 is 72.3. The number of anilines is 2. The molecule has 4 N–H and O–H groups in total. The van der Waals surface area contributed by atoms with Crippen molar-refractivity contribution in [2.24, 2.45) is 69.0 Å². The molecule has 2 heterocycles. The monoisotopic (exact) mass is 1280 g/mol. The lowest BCUT2D eigenvalue weighted by atomic mass is 9.44. The molecule has 18 atom stereocenters. The van der Waals surface area contributed by atoms with Gasteiger partial charge in [-0.15, -0.1) is 0 Å². The number of carbonyl (C=O) groups excluding carboxylic acids is 5. The van der Waals surface area contributed by atoms with Crippen LogP contribution in [0.3, 0.4) is 0 Å². The van der Waals surface area contributed by atoms with Gasteiger partial charge in [-0.2, -0.15) is 0 Å². The fourth-order valence-electron chi connectivity index (χ4n) is 19.8. The average Bonchev–Trinajstić information content (AvgIpc) is 1.60. The summed E-state index contributed by atoms with van der Waals surface area (Å²) in [4.78, 5) is 88.3. The fourth-order valence-corrected chi connectivity index (χ4v) is 20.1. The van der Waals surface area contributed by atoms with Crippen LogP contribution >= 0.6 is 23.2 Å². The zero-order valence-electron chi connectivity index (χ0n) is 50.4. The number of hydroxylamine groups is 2. The molecule has 8 saturated carbocycles. The number of aliphatic hydroxyl groups is 3. The van der Waals surface area contributed by atoms with E-state index in [0.717, 1.165) is 57.4 Å². The zero-order chi connectivity index (χ0) is 63.8. The second-order valence-electron chi connectivity index (χ2n) is 28.2. The van der Waals surface area contributed by atoms with Gasteiger partial charge in [-0.05, 0) is 174 Å². The van der Waals surface area contributed by atoms with Crippen LogP contribution in [-0.2, 0) is 43.2 Å². The number of benzene rings is 2. The van der Waals surface area contributed by atoms with E-state index < -0.39 is 153 Å². The minimum Gasteiger partial charge on any atom is -0.481 e. The number of alkyl halides is 4. The number of aliphatic hydroxyl groups excluding tert-OH is 3. The summed E-state index contributed by atoms with van der Waals surface area (Å²) in [6.45, 7) is 6.11. The maximum Gasteiger partial charge on any atom is 0.309 e. The highest BCUT2D eigenvalue weighted by Crippen LogP contribution is 2.75. The van der Waals surface area contributed by atoms with Crippen molar-refractivity contribution in [3.63, 3.8) is 0 Å². The van der Waals surface area contributed by atoms with Gasteiger partial charge in [0.25, 0.3) is 0 Å². The van der Waals surface area contributed by atoms with E-state index in [1.165, 1.54) is 30.4 Å². The number of esters is 1. The lowest BCUT2D eigenvalue weighted by Gasteiger charge is -2.63. The summed E-state index contributed by atoms with van der Waals surface area (Å²) in [5.74, 6) is -6.75. The van der Waals surface area contributed by atoms with Crippen LogP contribution in [0.1, 0.15) is 118 Å². The summed E-state index contributed by atoms with van der Waals surface area (Å²) in [5, 5.41) is 46.1. The largest absolute Gasteiger partial charge is 0.481 e. The second kappa shape index (κ2) is 22.8. The van der Waals surface area contributed by atoms with Crippen LogP contribution in [0.4, 0.5) is 28.9 Å². The number of rotatable bonds is 9. The first-order valence-electron chi connectivity index (χ1n) is 31.5. The van der Waals surface area contributed by atoms with Gasteiger partial charge < -0.3 is 25.2 Å². The Morgan fingerprint density at radius 2 is 1.00 bits per heavy atom. The number of Topliss-reactive ketones (excluding diaryl/α,β-unsaturated/α-hetero) is 2. The number of hydrogen-bond donors (Lipinski definition) is 4. The molecule has 2 saturated heterocycles. The van der Waals surface area contributed by atoms with Crippen molar-refractivity contribution in [2.45, 2.75) is 165 Å². The highest BCUT2D eigenvalue weighted by Gasteiger charge is 2.82. The Bertz CT molecular complexity index is 3340. The van der Waals surface area contributed by atoms with E-state index >= 15 is 17.6 Å². The van der Waals surface area contributed by atoms with Gasteiger partial charge in [-0.3, -0.25) is 48.6 Å². The van der Waals surface area contributed by atoms with Crippen molar-refractivity contribution in [2.75, 3.05) is 36.4 Å². The molecule has 0 aromatic heterocycles. The molecular formula is C68H78Cl2F4N2O13. The molecule has 0 spiro atoms. The van der Waals surface area contributed by atoms with Crippen molar-refractivity contribution < 1.29 is 81.2 Å². The molecule has 12 aliphatic rings. The van der Waals surface area contributed by atoms with E-state index in [9.17, 15) is 44.1 Å². The average molecular weight is 1280 g/mol. The van der Waals surface area contributed by atoms with Crippen LogP contribution < -0.4 is 10.1 Å². The zero-order valence-corrected chi connectivity index (χ0v) is 51.9. The molecule has 2 aromatic carbocycles. The minimum atomic E-state index is -2.27. The molecule has 10 fully saturated rings. The van der Waals surface area contributed by atoms with Crippen molar-refractivity contribution in [3.8, 4) is 0 Å². The summed E-state index contributed by atoms with van der Waals surface area (Å²) in [7, 11) is 0. The lowest BCUT2D eigenvalue weighted by molar-refractivity contribution is -0.228. The van der Waals surface area contributed by atoms with Gasteiger partial charge in [0.05, 0.1) is 48.5 Å². The minimum absolute atomic E-state index is 0.0185. The maximum absolute atomic E-state index is 17.7. The van der Waals surface area contributed by atoms with Crippen LogP contribution in [0.2, 0.25) is 10.0 Å². The quantitative estimate of drug-likeness (QED) is 0.136. The molecule has 10 aliphatic carbocycles. The molecule has 15 nitrogen and oxygen atoms in total. The van der Waals surface area contributed by atoms with E-state index in [2.05, 4.69) is 0 Å². The Labute approximate surface area is 524 Å². The van der Waals surface area contributed by atoms with Gasteiger partial charge in [0.1, 0.15) is 19.0 Å². The molecule has 2 aromatic rings. The van der Waals surface area contributed by atoms with Crippen LogP contribution in [0.15, 0.2) is 96.1 Å². The smallest absolute Gasteiger partial charge is 0.309 e. The van der Waals surface area contributed by atoms with E-state index in [0.29, 0.717) is 47.4 Å². The Balaban J connectivity index is 0.000000155. The van der Waals surface area contributed by atoms with Crippen LogP contribution in [0, 0.1) is 69.0 Å². The molecular weight excluding hydrogens is 1200 g/mol. The second-order valence-corrected chi connectivity index (χ2v) is 29.1. The van der Waals surface area contributed by atoms with Crippen LogP contribution in [-0.4, -0.2) is 129 Å². The molecule has 14 rings (SSSR count). The van der Waals surface area contributed by atoms with E-state index in [-0.39, 0.29) is 48.7 Å². The number of carboxylic acids is 1. The highest BCUT2D eigenvalue weighted by molar-refractivity contribution is 6.31. The SMILES string of the molecule is C[C@]12C=CC(=O)C=C1[C@@H](F)C[C@H]1[C@@H]3C[C@H]4CN(c5ccc(Cl)cc5)O[C@@]4(C(=O)CO)[C@@]3(C)C[C@H](O)[C@@]12F.C[C@]12C=CC(=O)C=C1[C@@H](F)C[C@H]1[C@@H]3C[C@H]4CN(c5ccc(Cl)cc5)O[C@@]4(C(=O)COC(=O)C4CCCC4)[C@@]3(C)C[C@H](O)[C@@]12F.O=C(O)C1CCCC1. The molecule has 21 heteroatoms. The van der Waals surface area contributed by atoms with Gasteiger partial charge in [-0.1, -0.05) is 74.9 Å². The third kappa shape index (κ3) is 9.38. The van der Waals surface area contributed by atoms with Crippen molar-refractivity contribution in [1.29, 1.82) is 0 Å². The normalized spacial score (nSPS) is 42.3. The number of carbonyl (C=O) groups is 6. The number of fused-ring (bicyclic) bond motifs is 14. The molecule has 2 aliphatic heterocycles. The van der Waals surface area contributed by atoms with Gasteiger partial charge >= 0.3 is 11.9 Å². The number of aliphatic carboxylic acids is 1. The number of nitrogens with zero attached hydrogens (tertiary/aromatic N) is 2. The number of ketones is 4. The summed E-state index contributed by atoms with van der Waals surface area (Å²) in [6.07, 6.45) is 8.81. The van der Waals surface area contributed by atoms with E-state index in [4.69, 9.17) is 42.7 Å². The molecule has 89 heavy (non-hydrogen) atoms. The Kier molecular flexibility index (Phi) is 16.3. The standard InChI is InChI=1S/C34H38ClF2NO6.C28H30ClF2NO5.C6H10O2/c1-31-12-11-23(39)14-26(31)27(36)15-25-24-13-20-17-38(22-9-7-21(35)8-10-22)44-34(20,32(24,2)16-28(40)33(25,31)37)29(41)18-43-30(42)19-5-3-4-6-19;1-25-8-7-18(34)10-21(25)22(30)11-20-19-9-15-13-32(17-5-3-16(29)4-6-17)37-28(15,24(36)14-33)26(19,2)12-23(35)27(20,25)31;7-6(8)5-3-1-2-4-5/h7-12,14,19-20,24-25,27-28,40H,3-6,13,15-18H2,1-2H3;3-8,10,15,19-20,22-23,33,35H,9,11-14H2,1-2H3;5H,1-4H2,(H,7,8)/t20-,24-,25-,27-,28-,31-,32-,33-,34-;15-,19-,20-,22-,23-,25-,26-,27-,28-;/m00./s1. The van der Waals surface area contributed by atoms with Gasteiger partial charge in [-0.25, -0.2) is 17.6 Å². The van der Waals surface area contributed by atoms with Gasteiger partial charge in [0.2, 0.25) is 5.78 Å². The first-order valence-corrected chi connectivity index (χ1v) is 32.3. The molecule has 480 valence electrons. The van der Waals surface area contributed by atoms with Crippen molar-refractivity contribution in [1.82, 2.24) is 0 Å². The predicted octanol–water partition coefficient (Wildman–Crippen LogP) is 10.9. The highest BCUT2D eigenvalue weighted by atomic mass is 35.5.